The Hall–Kier alpha value is -2.88. The zero-order chi connectivity index (χ0) is 18.4. The van der Waals surface area contributed by atoms with E-state index in [0.29, 0.717) is 6.61 Å². The molecule has 1 N–H and O–H groups in total. The Morgan fingerprint density at radius 3 is 2.35 bits per heavy atom. The van der Waals surface area contributed by atoms with Gasteiger partial charge in [0.15, 0.2) is 0 Å². The van der Waals surface area contributed by atoms with Crippen LogP contribution in [0.2, 0.25) is 0 Å². The Morgan fingerprint density at radius 1 is 0.962 bits per heavy atom. The molecular weight excluding hydrogens is 322 g/mol. The lowest BCUT2D eigenvalue weighted by atomic mass is 10.1. The highest BCUT2D eigenvalue weighted by molar-refractivity contribution is 5.42. The molecule has 0 fully saturated rings. The summed E-state index contributed by atoms with van der Waals surface area (Å²) in [6.45, 7) is 6.84. The van der Waals surface area contributed by atoms with E-state index in [0.717, 1.165) is 23.6 Å². The highest BCUT2D eigenvalue weighted by atomic mass is 16.5. The predicted molar refractivity (Wildman–Crippen MR) is 106 cm³/mol. The molecule has 1 atom stereocenters. The van der Waals surface area contributed by atoms with Crippen molar-refractivity contribution in [1.29, 1.82) is 0 Å². The van der Waals surface area contributed by atoms with Crippen LogP contribution in [-0.2, 0) is 13.0 Å². The second kappa shape index (κ2) is 8.48. The van der Waals surface area contributed by atoms with E-state index in [1.54, 1.807) is 6.33 Å². The highest BCUT2D eigenvalue weighted by Gasteiger charge is 2.07. The number of nitrogens with one attached hydrogen (secondary N) is 1. The SMILES string of the molecule is Cc1ccc(COc2ccc(CC(C)Nc3ncncc3C)cc2)cc1. The molecule has 0 amide bonds. The molecule has 3 aromatic rings. The first kappa shape index (κ1) is 17.9. The van der Waals surface area contributed by atoms with Crippen molar-refractivity contribution in [2.24, 2.45) is 0 Å². The van der Waals surface area contributed by atoms with Gasteiger partial charge < -0.3 is 10.1 Å². The highest BCUT2D eigenvalue weighted by Crippen LogP contribution is 2.17. The molecule has 0 saturated carbocycles. The van der Waals surface area contributed by atoms with Crippen LogP contribution in [0.3, 0.4) is 0 Å². The van der Waals surface area contributed by atoms with Gasteiger partial charge in [-0.2, -0.15) is 0 Å². The van der Waals surface area contributed by atoms with E-state index in [-0.39, 0.29) is 6.04 Å². The van der Waals surface area contributed by atoms with Crippen LogP contribution in [0.4, 0.5) is 5.82 Å². The molecule has 1 unspecified atom stereocenters. The van der Waals surface area contributed by atoms with Gasteiger partial charge in [0.25, 0.3) is 0 Å². The summed E-state index contributed by atoms with van der Waals surface area (Å²) in [5.41, 5.74) is 4.76. The first-order valence-corrected chi connectivity index (χ1v) is 8.90. The standard InChI is InChI=1S/C22H25N3O/c1-16-4-6-20(7-5-16)14-26-21-10-8-19(9-11-21)12-18(3)25-22-17(2)13-23-15-24-22/h4-11,13,15,18H,12,14H2,1-3H3,(H,23,24,25). The van der Waals surface area contributed by atoms with Crippen molar-refractivity contribution >= 4 is 5.82 Å². The summed E-state index contributed by atoms with van der Waals surface area (Å²) in [5.74, 6) is 1.78. The monoisotopic (exact) mass is 347 g/mol. The van der Waals surface area contributed by atoms with E-state index in [4.69, 9.17) is 4.74 Å². The van der Waals surface area contributed by atoms with Crippen LogP contribution < -0.4 is 10.1 Å². The largest absolute Gasteiger partial charge is 0.489 e. The van der Waals surface area contributed by atoms with Crippen molar-refractivity contribution in [3.8, 4) is 5.75 Å². The van der Waals surface area contributed by atoms with Gasteiger partial charge in [-0.3, -0.25) is 0 Å². The molecule has 0 bridgehead atoms. The van der Waals surface area contributed by atoms with E-state index in [9.17, 15) is 0 Å². The second-order valence-electron chi connectivity index (χ2n) is 6.72. The summed E-state index contributed by atoms with van der Waals surface area (Å²) in [5, 5.41) is 3.44. The third kappa shape index (κ3) is 5.06. The normalized spacial score (nSPS) is 11.8. The Labute approximate surface area is 155 Å². The molecule has 4 nitrogen and oxygen atoms in total. The van der Waals surface area contributed by atoms with E-state index in [2.05, 4.69) is 65.5 Å². The van der Waals surface area contributed by atoms with Crippen molar-refractivity contribution in [2.45, 2.75) is 39.8 Å². The van der Waals surface area contributed by atoms with Crippen LogP contribution in [0, 0.1) is 13.8 Å². The number of rotatable bonds is 7. The summed E-state index contributed by atoms with van der Waals surface area (Å²) in [4.78, 5) is 8.31. The molecule has 0 saturated heterocycles. The van der Waals surface area contributed by atoms with Crippen LogP contribution in [-0.4, -0.2) is 16.0 Å². The minimum Gasteiger partial charge on any atom is -0.489 e. The molecule has 1 heterocycles. The smallest absolute Gasteiger partial charge is 0.132 e. The minimum absolute atomic E-state index is 0.280. The second-order valence-corrected chi connectivity index (χ2v) is 6.72. The van der Waals surface area contributed by atoms with Crippen LogP contribution in [0.5, 0.6) is 5.75 Å². The molecule has 0 aliphatic rings. The molecule has 4 heteroatoms. The first-order valence-electron chi connectivity index (χ1n) is 8.90. The van der Waals surface area contributed by atoms with E-state index < -0.39 is 0 Å². The lowest BCUT2D eigenvalue weighted by Gasteiger charge is -2.16. The Bertz CT molecular complexity index is 829. The average Bonchev–Trinajstić information content (AvgIpc) is 2.64. The summed E-state index contributed by atoms with van der Waals surface area (Å²) in [7, 11) is 0. The number of hydrogen-bond acceptors (Lipinski definition) is 4. The van der Waals surface area contributed by atoms with E-state index in [1.807, 2.05) is 25.3 Å². The van der Waals surface area contributed by atoms with Crippen LogP contribution in [0.25, 0.3) is 0 Å². The third-order valence-corrected chi connectivity index (χ3v) is 4.27. The molecule has 2 aromatic carbocycles. The summed E-state index contributed by atoms with van der Waals surface area (Å²) in [6, 6.07) is 17.0. The zero-order valence-electron chi connectivity index (χ0n) is 15.6. The number of hydrogen-bond donors (Lipinski definition) is 1. The average molecular weight is 347 g/mol. The number of aromatic nitrogens is 2. The van der Waals surface area contributed by atoms with Gasteiger partial charge in [0.2, 0.25) is 0 Å². The number of benzene rings is 2. The predicted octanol–water partition coefficient (Wildman–Crippen LogP) is 4.72. The van der Waals surface area contributed by atoms with E-state index >= 15 is 0 Å². The lowest BCUT2D eigenvalue weighted by Crippen LogP contribution is -2.19. The van der Waals surface area contributed by atoms with Gasteiger partial charge in [-0.05, 0) is 50.5 Å². The number of nitrogens with zero attached hydrogens (tertiary/aromatic N) is 2. The summed E-state index contributed by atoms with van der Waals surface area (Å²) < 4.78 is 5.87. The fraction of sp³-hybridized carbons (Fsp3) is 0.273. The van der Waals surface area contributed by atoms with Gasteiger partial charge in [-0.15, -0.1) is 0 Å². The quantitative estimate of drug-likeness (QED) is 0.672. The molecule has 1 aromatic heterocycles. The van der Waals surface area contributed by atoms with Crippen LogP contribution in [0.1, 0.15) is 29.2 Å². The van der Waals surface area contributed by atoms with Crippen LogP contribution in [0.15, 0.2) is 61.1 Å². The van der Waals surface area contributed by atoms with Gasteiger partial charge in [-0.1, -0.05) is 42.0 Å². The lowest BCUT2D eigenvalue weighted by molar-refractivity contribution is 0.306. The van der Waals surface area contributed by atoms with Crippen molar-refractivity contribution in [1.82, 2.24) is 9.97 Å². The minimum atomic E-state index is 0.280. The number of ether oxygens (including phenoxy) is 1. The maximum absolute atomic E-state index is 5.87. The van der Waals surface area contributed by atoms with Crippen molar-refractivity contribution < 1.29 is 4.74 Å². The molecular formula is C22H25N3O. The molecule has 0 radical (unpaired) electrons. The zero-order valence-corrected chi connectivity index (χ0v) is 15.6. The number of aryl methyl sites for hydroxylation is 2. The summed E-state index contributed by atoms with van der Waals surface area (Å²) >= 11 is 0. The van der Waals surface area contributed by atoms with Crippen molar-refractivity contribution in [3.63, 3.8) is 0 Å². The molecule has 0 spiro atoms. The fourth-order valence-electron chi connectivity index (χ4n) is 2.76. The van der Waals surface area contributed by atoms with Gasteiger partial charge in [0, 0.05) is 17.8 Å². The summed E-state index contributed by atoms with van der Waals surface area (Å²) in [6.07, 6.45) is 4.31. The van der Waals surface area contributed by atoms with Gasteiger partial charge >= 0.3 is 0 Å². The Balaban J connectivity index is 1.52. The molecule has 134 valence electrons. The first-order chi connectivity index (χ1) is 12.6. The number of anilines is 1. The molecule has 0 aliphatic carbocycles. The van der Waals surface area contributed by atoms with Gasteiger partial charge in [-0.25, -0.2) is 9.97 Å². The fourth-order valence-corrected chi connectivity index (χ4v) is 2.76. The molecule has 26 heavy (non-hydrogen) atoms. The molecule has 3 rings (SSSR count). The third-order valence-electron chi connectivity index (χ3n) is 4.27. The molecule has 0 aliphatic heterocycles. The van der Waals surface area contributed by atoms with Gasteiger partial charge in [0.1, 0.15) is 24.5 Å². The Kier molecular flexibility index (Phi) is 5.84. The van der Waals surface area contributed by atoms with E-state index in [1.165, 1.54) is 16.7 Å². The van der Waals surface area contributed by atoms with Gasteiger partial charge in [0.05, 0.1) is 0 Å². The topological polar surface area (TPSA) is 47.0 Å². The maximum atomic E-state index is 5.87. The van der Waals surface area contributed by atoms with Crippen LogP contribution >= 0.6 is 0 Å². The van der Waals surface area contributed by atoms with Crippen molar-refractivity contribution in [3.05, 3.63) is 83.3 Å². The maximum Gasteiger partial charge on any atom is 0.132 e. The Morgan fingerprint density at radius 2 is 1.65 bits per heavy atom. The van der Waals surface area contributed by atoms with Crippen molar-refractivity contribution in [2.75, 3.05) is 5.32 Å².